The molecule has 10 heteroatoms. The predicted molar refractivity (Wildman–Crippen MR) is 105 cm³/mol. The van der Waals surface area contributed by atoms with Crippen molar-refractivity contribution in [2.75, 3.05) is 18.0 Å². The topological polar surface area (TPSA) is 93.3 Å². The van der Waals surface area contributed by atoms with Crippen molar-refractivity contribution in [3.63, 3.8) is 0 Å². The zero-order valence-electron chi connectivity index (χ0n) is 16.0. The Morgan fingerprint density at radius 3 is 3.03 bits per heavy atom. The van der Waals surface area contributed by atoms with Crippen LogP contribution in [0, 0.1) is 6.92 Å². The van der Waals surface area contributed by atoms with Gasteiger partial charge in [0.15, 0.2) is 6.17 Å². The SMILES string of the molecule is Cc1cn2c(=O)[nH]nc2nc1N1CC[C@@H](Oc2ccc3c(cnn3C)c2)[C@H](F)C1. The van der Waals surface area contributed by atoms with Crippen LogP contribution < -0.4 is 15.3 Å². The first kappa shape index (κ1) is 17.7. The molecule has 1 aromatic carbocycles. The summed E-state index contributed by atoms with van der Waals surface area (Å²) in [7, 11) is 1.88. The fourth-order valence-corrected chi connectivity index (χ4v) is 3.84. The number of rotatable bonds is 3. The number of nitrogens with zero attached hydrogens (tertiary/aromatic N) is 6. The number of aromatic amines is 1. The van der Waals surface area contributed by atoms with Crippen LogP contribution in [0.25, 0.3) is 16.7 Å². The molecule has 1 saturated heterocycles. The number of hydrogen-bond donors (Lipinski definition) is 1. The summed E-state index contributed by atoms with van der Waals surface area (Å²) in [5, 5.41) is 11.4. The molecule has 0 bridgehead atoms. The number of anilines is 1. The maximum absolute atomic E-state index is 14.9. The van der Waals surface area contributed by atoms with Crippen molar-refractivity contribution in [1.29, 1.82) is 0 Å². The number of halogens is 1. The molecule has 29 heavy (non-hydrogen) atoms. The summed E-state index contributed by atoms with van der Waals surface area (Å²) in [6.07, 6.45) is 2.25. The normalized spacial score (nSPS) is 19.9. The van der Waals surface area contributed by atoms with E-state index >= 15 is 0 Å². The van der Waals surface area contributed by atoms with Crippen LogP contribution in [-0.4, -0.2) is 54.7 Å². The molecule has 0 saturated carbocycles. The molecule has 1 fully saturated rings. The molecular weight excluding hydrogens is 377 g/mol. The lowest BCUT2D eigenvalue weighted by Crippen LogP contribution is -2.47. The Labute approximate surface area is 164 Å². The van der Waals surface area contributed by atoms with E-state index in [1.165, 1.54) is 4.40 Å². The van der Waals surface area contributed by atoms with Gasteiger partial charge in [0.2, 0.25) is 0 Å². The standard InChI is InChI=1S/C19H20FN7O2/c1-11-9-27-18(23-24-19(27)28)22-17(11)26-6-5-16(14(20)10-26)29-13-3-4-15-12(7-13)8-21-25(15)2/h3-4,7-9,14,16H,5-6,10H2,1-2H3,(H,24,28)/t14-,16-/m1/s1. The maximum Gasteiger partial charge on any atom is 0.348 e. The van der Waals surface area contributed by atoms with E-state index in [2.05, 4.69) is 20.3 Å². The van der Waals surface area contributed by atoms with Crippen LogP contribution in [0.15, 0.2) is 35.4 Å². The number of nitrogens with one attached hydrogen (secondary N) is 1. The van der Waals surface area contributed by atoms with Crippen molar-refractivity contribution in [3.05, 3.63) is 46.6 Å². The molecule has 1 aliphatic rings. The van der Waals surface area contributed by atoms with Gasteiger partial charge in [0.25, 0.3) is 5.78 Å². The van der Waals surface area contributed by atoms with Crippen LogP contribution in [0.1, 0.15) is 12.0 Å². The molecule has 5 rings (SSSR count). The van der Waals surface area contributed by atoms with Crippen molar-refractivity contribution in [1.82, 2.24) is 29.4 Å². The fourth-order valence-electron chi connectivity index (χ4n) is 3.84. The Bertz CT molecular complexity index is 1260. The number of piperidine rings is 1. The number of benzene rings is 1. The first-order valence-electron chi connectivity index (χ1n) is 9.41. The lowest BCUT2D eigenvalue weighted by Gasteiger charge is -2.36. The molecule has 3 aromatic heterocycles. The van der Waals surface area contributed by atoms with Crippen molar-refractivity contribution < 1.29 is 9.13 Å². The van der Waals surface area contributed by atoms with Crippen molar-refractivity contribution >= 4 is 22.5 Å². The van der Waals surface area contributed by atoms with Gasteiger partial charge < -0.3 is 9.64 Å². The van der Waals surface area contributed by atoms with E-state index in [9.17, 15) is 9.18 Å². The average molecular weight is 397 g/mol. The maximum atomic E-state index is 14.9. The minimum atomic E-state index is -1.17. The smallest absolute Gasteiger partial charge is 0.348 e. The molecule has 9 nitrogen and oxygen atoms in total. The lowest BCUT2D eigenvalue weighted by molar-refractivity contribution is 0.0820. The molecule has 0 unspecified atom stereocenters. The summed E-state index contributed by atoms with van der Waals surface area (Å²) < 4.78 is 24.0. The van der Waals surface area contributed by atoms with Crippen LogP contribution in [-0.2, 0) is 7.05 Å². The Morgan fingerprint density at radius 1 is 1.34 bits per heavy atom. The number of alkyl halides is 1. The molecule has 4 aromatic rings. The molecule has 0 radical (unpaired) electrons. The molecule has 1 aliphatic heterocycles. The molecule has 1 N–H and O–H groups in total. The van der Waals surface area contributed by atoms with E-state index in [0.717, 1.165) is 16.5 Å². The van der Waals surface area contributed by atoms with Gasteiger partial charge in [0.1, 0.15) is 17.7 Å². The number of H-pyrrole nitrogens is 1. The van der Waals surface area contributed by atoms with E-state index in [1.54, 1.807) is 17.1 Å². The third kappa shape index (κ3) is 3.00. The monoisotopic (exact) mass is 397 g/mol. The van der Waals surface area contributed by atoms with Crippen LogP contribution in [0.3, 0.4) is 0 Å². The van der Waals surface area contributed by atoms with Crippen LogP contribution >= 0.6 is 0 Å². The third-order valence-electron chi connectivity index (χ3n) is 5.35. The summed E-state index contributed by atoms with van der Waals surface area (Å²) in [5.74, 6) is 1.54. The molecule has 0 amide bonds. The van der Waals surface area contributed by atoms with Gasteiger partial charge in [0, 0.05) is 37.2 Å². The quantitative estimate of drug-likeness (QED) is 0.565. The first-order valence-corrected chi connectivity index (χ1v) is 9.41. The highest BCUT2D eigenvalue weighted by Crippen LogP contribution is 2.27. The number of fused-ring (bicyclic) bond motifs is 2. The second-order valence-corrected chi connectivity index (χ2v) is 7.34. The van der Waals surface area contributed by atoms with Gasteiger partial charge in [0.05, 0.1) is 18.3 Å². The van der Waals surface area contributed by atoms with Gasteiger partial charge in [-0.2, -0.15) is 10.1 Å². The van der Waals surface area contributed by atoms with Gasteiger partial charge >= 0.3 is 5.69 Å². The van der Waals surface area contributed by atoms with E-state index in [1.807, 2.05) is 37.1 Å². The Balaban J connectivity index is 1.33. The zero-order valence-corrected chi connectivity index (χ0v) is 16.0. The number of hydrogen-bond acceptors (Lipinski definition) is 6. The fraction of sp³-hybridized carbons (Fsp3) is 0.368. The molecule has 2 atom stereocenters. The Kier molecular flexibility index (Phi) is 4.00. The second-order valence-electron chi connectivity index (χ2n) is 7.34. The minimum Gasteiger partial charge on any atom is -0.487 e. The summed E-state index contributed by atoms with van der Waals surface area (Å²) in [6.45, 7) is 2.61. The summed E-state index contributed by atoms with van der Waals surface area (Å²) in [6, 6.07) is 5.66. The van der Waals surface area contributed by atoms with Crippen molar-refractivity contribution in [3.8, 4) is 5.75 Å². The summed E-state index contributed by atoms with van der Waals surface area (Å²) in [5.41, 5.74) is 1.44. The highest BCUT2D eigenvalue weighted by atomic mass is 19.1. The summed E-state index contributed by atoms with van der Waals surface area (Å²) in [4.78, 5) is 18.0. The molecule has 0 aliphatic carbocycles. The first-order chi connectivity index (χ1) is 14.0. The van der Waals surface area contributed by atoms with Gasteiger partial charge in [-0.05, 0) is 25.1 Å². The number of aromatic nitrogens is 6. The van der Waals surface area contributed by atoms with Gasteiger partial charge in [-0.15, -0.1) is 5.10 Å². The highest BCUT2D eigenvalue weighted by molar-refractivity contribution is 5.80. The third-order valence-corrected chi connectivity index (χ3v) is 5.35. The highest BCUT2D eigenvalue weighted by Gasteiger charge is 2.32. The van der Waals surface area contributed by atoms with Crippen LogP contribution in [0.4, 0.5) is 10.2 Å². The largest absolute Gasteiger partial charge is 0.487 e. The van der Waals surface area contributed by atoms with Crippen molar-refractivity contribution in [2.45, 2.75) is 25.6 Å². The average Bonchev–Trinajstić information content (AvgIpc) is 3.25. The van der Waals surface area contributed by atoms with E-state index < -0.39 is 12.3 Å². The van der Waals surface area contributed by atoms with E-state index in [-0.39, 0.29) is 18.0 Å². The molecular formula is C19H20FN7O2. The Hall–Kier alpha value is -3.43. The van der Waals surface area contributed by atoms with Gasteiger partial charge in [-0.3, -0.25) is 4.68 Å². The van der Waals surface area contributed by atoms with E-state index in [0.29, 0.717) is 24.5 Å². The number of aryl methyl sites for hydroxylation is 2. The van der Waals surface area contributed by atoms with Crippen LogP contribution in [0.5, 0.6) is 5.75 Å². The predicted octanol–water partition coefficient (Wildman–Crippen LogP) is 1.61. The lowest BCUT2D eigenvalue weighted by atomic mass is 10.1. The van der Waals surface area contributed by atoms with Gasteiger partial charge in [-0.1, -0.05) is 0 Å². The second kappa shape index (κ2) is 6.57. The number of ether oxygens (including phenoxy) is 1. The summed E-state index contributed by atoms with van der Waals surface area (Å²) >= 11 is 0. The van der Waals surface area contributed by atoms with Crippen LogP contribution in [0.2, 0.25) is 0 Å². The minimum absolute atomic E-state index is 0.165. The van der Waals surface area contributed by atoms with Gasteiger partial charge in [-0.25, -0.2) is 18.7 Å². The molecule has 4 heterocycles. The molecule has 0 spiro atoms. The van der Waals surface area contributed by atoms with Crippen molar-refractivity contribution in [2.24, 2.45) is 7.05 Å². The zero-order chi connectivity index (χ0) is 20.1. The Morgan fingerprint density at radius 2 is 2.21 bits per heavy atom. The molecule has 150 valence electrons. The van der Waals surface area contributed by atoms with E-state index in [4.69, 9.17) is 4.74 Å².